The largest absolute Gasteiger partial charge is 0.497 e. The van der Waals surface area contributed by atoms with Gasteiger partial charge in [-0.15, -0.1) is 0 Å². The zero-order valence-corrected chi connectivity index (χ0v) is 17.2. The lowest BCUT2D eigenvalue weighted by Crippen LogP contribution is -2.58. The van der Waals surface area contributed by atoms with Crippen molar-refractivity contribution < 1.29 is 9.47 Å². The van der Waals surface area contributed by atoms with Crippen LogP contribution in [-0.2, 0) is 0 Å². The predicted molar refractivity (Wildman–Crippen MR) is 113 cm³/mol. The highest BCUT2D eigenvalue weighted by molar-refractivity contribution is 7.80. The fraction of sp³-hybridized carbons (Fsp3) is 0.381. The number of ether oxygens (including phenoxy) is 2. The molecular weight excluding hydrogens is 372 g/mol. The summed E-state index contributed by atoms with van der Waals surface area (Å²) in [6.07, 6.45) is 1.77. The molecule has 2 aromatic rings. The first-order valence-electron chi connectivity index (χ1n) is 9.39. The number of rotatable bonds is 4. The topological polar surface area (TPSA) is 57.8 Å². The Hall–Kier alpha value is -2.35. The zero-order valence-electron chi connectivity index (χ0n) is 16.4. The van der Waals surface area contributed by atoms with E-state index in [4.69, 9.17) is 21.7 Å². The number of thiocarbonyl (C=S) groups is 1. The van der Waals surface area contributed by atoms with E-state index in [2.05, 4.69) is 52.4 Å². The second-order valence-electron chi connectivity index (χ2n) is 7.44. The van der Waals surface area contributed by atoms with E-state index in [9.17, 15) is 0 Å². The highest BCUT2D eigenvalue weighted by atomic mass is 32.1. The number of hydrazine groups is 1. The van der Waals surface area contributed by atoms with E-state index >= 15 is 0 Å². The van der Waals surface area contributed by atoms with Crippen LogP contribution in [-0.4, -0.2) is 36.9 Å². The molecule has 4 rings (SSSR count). The van der Waals surface area contributed by atoms with Gasteiger partial charge in [-0.25, -0.2) is 5.43 Å². The van der Waals surface area contributed by atoms with Crippen molar-refractivity contribution in [1.82, 2.24) is 21.1 Å². The van der Waals surface area contributed by atoms with E-state index in [-0.39, 0.29) is 17.7 Å². The summed E-state index contributed by atoms with van der Waals surface area (Å²) < 4.78 is 10.7. The molecule has 2 aliphatic heterocycles. The fourth-order valence-corrected chi connectivity index (χ4v) is 4.51. The van der Waals surface area contributed by atoms with E-state index in [1.807, 2.05) is 24.3 Å². The molecule has 7 heteroatoms. The molecule has 2 aromatic carbocycles. The Bertz CT molecular complexity index is 783. The first-order valence-corrected chi connectivity index (χ1v) is 9.79. The molecule has 0 aromatic heterocycles. The summed E-state index contributed by atoms with van der Waals surface area (Å²) in [5.74, 6) is 1.73. The van der Waals surface area contributed by atoms with Gasteiger partial charge >= 0.3 is 0 Å². The van der Waals surface area contributed by atoms with Gasteiger partial charge in [-0.2, -0.15) is 0 Å². The van der Waals surface area contributed by atoms with Crippen molar-refractivity contribution in [3.05, 3.63) is 59.7 Å². The molecular formula is C21H26N4O2S. The summed E-state index contributed by atoms with van der Waals surface area (Å²) in [4.78, 5) is 2.44. The van der Waals surface area contributed by atoms with Crippen LogP contribution < -0.4 is 25.6 Å². The number of methoxy groups -OCH3 is 2. The van der Waals surface area contributed by atoms with Gasteiger partial charge in [0, 0.05) is 24.9 Å². The van der Waals surface area contributed by atoms with Crippen LogP contribution in [0.1, 0.15) is 36.1 Å². The number of likely N-dealkylation sites (tertiary alicyclic amines) is 1. The van der Waals surface area contributed by atoms with Gasteiger partial charge < -0.3 is 14.8 Å². The Labute approximate surface area is 171 Å². The van der Waals surface area contributed by atoms with Crippen LogP contribution in [0.3, 0.4) is 0 Å². The van der Waals surface area contributed by atoms with Crippen LogP contribution in [0.5, 0.6) is 11.5 Å². The van der Waals surface area contributed by atoms with Crippen molar-refractivity contribution in [3.8, 4) is 11.5 Å². The molecule has 2 unspecified atom stereocenters. The Balaban J connectivity index is 1.69. The molecule has 0 radical (unpaired) electrons. The van der Waals surface area contributed by atoms with Crippen molar-refractivity contribution in [2.45, 2.75) is 30.6 Å². The molecule has 6 nitrogen and oxygen atoms in total. The first kappa shape index (κ1) is 19.0. The molecule has 3 N–H and O–H groups in total. The fourth-order valence-electron chi connectivity index (χ4n) is 4.27. The molecule has 28 heavy (non-hydrogen) atoms. The summed E-state index contributed by atoms with van der Waals surface area (Å²) in [6, 6.07) is 17.1. The highest BCUT2D eigenvalue weighted by Gasteiger charge is 2.47. The highest BCUT2D eigenvalue weighted by Crippen LogP contribution is 2.45. The number of nitrogens with one attached hydrogen (secondary N) is 3. The van der Waals surface area contributed by atoms with Gasteiger partial charge in [0.1, 0.15) is 17.2 Å². The van der Waals surface area contributed by atoms with Gasteiger partial charge in [-0.1, -0.05) is 24.3 Å². The van der Waals surface area contributed by atoms with Crippen molar-refractivity contribution >= 4 is 17.3 Å². The van der Waals surface area contributed by atoms with Gasteiger partial charge in [-0.05, 0) is 54.7 Å². The molecule has 2 saturated heterocycles. The molecule has 0 amide bonds. The van der Waals surface area contributed by atoms with Crippen LogP contribution in [0.2, 0.25) is 0 Å². The van der Waals surface area contributed by atoms with Gasteiger partial charge in [0.15, 0.2) is 5.11 Å². The third-order valence-electron chi connectivity index (χ3n) is 5.84. The van der Waals surface area contributed by atoms with Gasteiger partial charge in [-0.3, -0.25) is 10.3 Å². The Morgan fingerprint density at radius 3 is 1.71 bits per heavy atom. The van der Waals surface area contributed by atoms with E-state index < -0.39 is 0 Å². The molecule has 2 fully saturated rings. The molecule has 0 aliphatic carbocycles. The molecule has 148 valence electrons. The lowest BCUT2D eigenvalue weighted by Gasteiger charge is -2.48. The SMILES string of the molecule is COc1ccc(C2CC3(CC(c4ccc(OC)cc4)N2C)NNC(=S)N3)cc1. The summed E-state index contributed by atoms with van der Waals surface area (Å²) in [5.41, 5.74) is 8.71. The maximum Gasteiger partial charge on any atom is 0.182 e. The lowest BCUT2D eigenvalue weighted by atomic mass is 9.81. The number of hydrogen-bond donors (Lipinski definition) is 3. The van der Waals surface area contributed by atoms with Crippen molar-refractivity contribution in [1.29, 1.82) is 0 Å². The Morgan fingerprint density at radius 2 is 1.36 bits per heavy atom. The quantitative estimate of drug-likeness (QED) is 0.685. The van der Waals surface area contributed by atoms with E-state index in [1.165, 1.54) is 11.1 Å². The summed E-state index contributed by atoms with van der Waals surface area (Å²) in [7, 11) is 5.57. The smallest absolute Gasteiger partial charge is 0.182 e. The maximum absolute atomic E-state index is 5.35. The van der Waals surface area contributed by atoms with Crippen LogP contribution in [0.15, 0.2) is 48.5 Å². The monoisotopic (exact) mass is 398 g/mol. The van der Waals surface area contributed by atoms with Crippen molar-refractivity contribution in [2.24, 2.45) is 0 Å². The summed E-state index contributed by atoms with van der Waals surface area (Å²) in [6.45, 7) is 0. The third-order valence-corrected chi connectivity index (χ3v) is 6.04. The molecule has 0 bridgehead atoms. The second kappa shape index (κ2) is 7.58. The maximum atomic E-state index is 5.35. The number of nitrogens with zero attached hydrogens (tertiary/aromatic N) is 1. The molecule has 0 saturated carbocycles. The molecule has 2 atom stereocenters. The zero-order chi connectivity index (χ0) is 19.7. The van der Waals surface area contributed by atoms with E-state index in [0.717, 1.165) is 24.3 Å². The van der Waals surface area contributed by atoms with Gasteiger partial charge in [0.2, 0.25) is 0 Å². The van der Waals surface area contributed by atoms with Crippen LogP contribution in [0, 0.1) is 0 Å². The lowest BCUT2D eigenvalue weighted by molar-refractivity contribution is 0.0404. The number of piperidine rings is 1. The van der Waals surface area contributed by atoms with Crippen molar-refractivity contribution in [3.63, 3.8) is 0 Å². The Morgan fingerprint density at radius 1 is 0.893 bits per heavy atom. The van der Waals surface area contributed by atoms with Gasteiger partial charge in [0.05, 0.1) is 14.2 Å². The van der Waals surface area contributed by atoms with Gasteiger partial charge in [0.25, 0.3) is 0 Å². The van der Waals surface area contributed by atoms with Crippen LogP contribution in [0.4, 0.5) is 0 Å². The first-order chi connectivity index (χ1) is 13.5. The minimum Gasteiger partial charge on any atom is -0.497 e. The number of hydrogen-bond acceptors (Lipinski definition) is 5. The minimum atomic E-state index is -0.293. The molecule has 2 heterocycles. The molecule has 1 spiro atoms. The predicted octanol–water partition coefficient (Wildman–Crippen LogP) is 2.89. The van der Waals surface area contributed by atoms with Crippen LogP contribution >= 0.6 is 12.2 Å². The van der Waals surface area contributed by atoms with Crippen molar-refractivity contribution in [2.75, 3.05) is 21.3 Å². The molecule has 2 aliphatic rings. The average Bonchev–Trinajstić information content (AvgIpc) is 3.10. The normalized spacial score (nSPS) is 27.3. The minimum absolute atomic E-state index is 0.217. The second-order valence-corrected chi connectivity index (χ2v) is 7.85. The van der Waals surface area contributed by atoms with Crippen LogP contribution in [0.25, 0.3) is 0 Å². The third kappa shape index (κ3) is 3.53. The van der Waals surface area contributed by atoms with E-state index in [1.54, 1.807) is 14.2 Å². The van der Waals surface area contributed by atoms with E-state index in [0.29, 0.717) is 5.11 Å². The summed E-state index contributed by atoms with van der Waals surface area (Å²) >= 11 is 5.35. The average molecular weight is 399 g/mol. The number of benzene rings is 2. The summed E-state index contributed by atoms with van der Waals surface area (Å²) in [5, 5.41) is 4.11. The standard InChI is InChI=1S/C21H26N4O2S/c1-25-18(14-4-8-16(26-2)9-5-14)12-21(22-20(28)23-24-21)13-19(25)15-6-10-17(27-3)11-7-15/h4-11,18-19,24H,12-13H2,1-3H3,(H2,22,23,28). The Kier molecular flexibility index (Phi) is 5.14.